The van der Waals surface area contributed by atoms with Gasteiger partial charge in [0.25, 0.3) is 0 Å². The van der Waals surface area contributed by atoms with E-state index in [1.54, 1.807) is 0 Å². The van der Waals surface area contributed by atoms with E-state index < -0.39 is 30.0 Å². The molecule has 2 unspecified atom stereocenters. The predicted molar refractivity (Wildman–Crippen MR) is 44.5 cm³/mol. The second-order valence-electron chi connectivity index (χ2n) is 2.84. The molecule has 1 aliphatic heterocycles. The first-order valence-electron chi connectivity index (χ1n) is 3.88. The van der Waals surface area contributed by atoms with Gasteiger partial charge in [0.1, 0.15) is 11.9 Å². The van der Waals surface area contributed by atoms with Crippen molar-refractivity contribution in [1.82, 2.24) is 4.90 Å². The molecule has 1 aliphatic rings. The molecule has 0 aromatic heterocycles. The van der Waals surface area contributed by atoms with Crippen LogP contribution in [0.5, 0.6) is 0 Å². The van der Waals surface area contributed by atoms with Crippen LogP contribution in [0.1, 0.15) is 6.42 Å². The largest absolute Gasteiger partial charge is 0.467 e. The third-order valence-electron chi connectivity index (χ3n) is 2.01. The van der Waals surface area contributed by atoms with Crippen LogP contribution in [0.25, 0.3) is 0 Å². The van der Waals surface area contributed by atoms with Gasteiger partial charge >= 0.3 is 12.0 Å². The fourth-order valence-corrected chi connectivity index (χ4v) is 1.34. The maximum atomic E-state index is 13.0. The van der Waals surface area contributed by atoms with E-state index in [-0.39, 0.29) is 6.42 Å². The summed E-state index contributed by atoms with van der Waals surface area (Å²) >= 11 is 0. The van der Waals surface area contributed by atoms with Gasteiger partial charge in [-0.25, -0.2) is 14.0 Å². The lowest BCUT2D eigenvalue weighted by molar-refractivity contribution is -0.144. The molecule has 0 aromatic rings. The number of amides is 2. The van der Waals surface area contributed by atoms with Crippen molar-refractivity contribution in [2.24, 2.45) is 5.73 Å². The zero-order valence-corrected chi connectivity index (χ0v) is 7.49. The quantitative estimate of drug-likeness (QED) is 0.569. The first-order chi connectivity index (χ1) is 6.49. The topological polar surface area (TPSA) is 96.5 Å². The highest BCUT2D eigenvalue weighted by atomic mass is 19.1. The van der Waals surface area contributed by atoms with Crippen molar-refractivity contribution in [3.63, 3.8) is 0 Å². The Bertz CT molecular complexity index is 294. The molecular formula is C7H10FN3O3. The van der Waals surface area contributed by atoms with Gasteiger partial charge in [-0.15, -0.1) is 0 Å². The molecule has 0 radical (unpaired) electrons. The lowest BCUT2D eigenvalue weighted by Crippen LogP contribution is -2.46. The van der Waals surface area contributed by atoms with Gasteiger partial charge in [-0.1, -0.05) is 0 Å². The van der Waals surface area contributed by atoms with E-state index in [0.29, 0.717) is 4.90 Å². The minimum Gasteiger partial charge on any atom is -0.467 e. The molecule has 1 rings (SSSR count). The number of nitrogens with one attached hydrogen (secondary N) is 1. The third-order valence-corrected chi connectivity index (χ3v) is 2.01. The zero-order valence-electron chi connectivity index (χ0n) is 7.49. The third kappa shape index (κ3) is 1.52. The molecule has 6 nitrogen and oxygen atoms in total. The van der Waals surface area contributed by atoms with Crippen LogP contribution in [-0.2, 0) is 9.53 Å². The lowest BCUT2D eigenvalue weighted by Gasteiger charge is -2.19. The smallest absolute Gasteiger partial charge is 0.329 e. The number of likely N-dealkylation sites (tertiary alicyclic amines) is 1. The number of halogens is 1. The van der Waals surface area contributed by atoms with Gasteiger partial charge in [0.2, 0.25) is 0 Å². The first-order valence-corrected chi connectivity index (χ1v) is 3.88. The SMILES string of the molecule is COC(=O)C1CC(F)C(=N)N1C(N)=O. The fourth-order valence-electron chi connectivity index (χ4n) is 1.34. The van der Waals surface area contributed by atoms with E-state index in [2.05, 4.69) is 4.74 Å². The van der Waals surface area contributed by atoms with E-state index in [0.717, 1.165) is 7.11 Å². The summed E-state index contributed by atoms with van der Waals surface area (Å²) in [4.78, 5) is 22.5. The van der Waals surface area contributed by atoms with E-state index in [9.17, 15) is 14.0 Å². The molecule has 0 saturated carbocycles. The highest BCUT2D eigenvalue weighted by Gasteiger charge is 2.44. The summed E-state index contributed by atoms with van der Waals surface area (Å²) < 4.78 is 17.4. The lowest BCUT2D eigenvalue weighted by atomic mass is 10.2. The number of nitrogens with zero attached hydrogens (tertiary/aromatic N) is 1. The van der Waals surface area contributed by atoms with Gasteiger partial charge in [-0.05, 0) is 0 Å². The number of primary amides is 1. The van der Waals surface area contributed by atoms with Crippen molar-refractivity contribution in [3.8, 4) is 0 Å². The highest BCUT2D eigenvalue weighted by molar-refractivity contribution is 6.04. The fraction of sp³-hybridized carbons (Fsp3) is 0.571. The summed E-state index contributed by atoms with van der Waals surface area (Å²) in [6.07, 6.45) is -1.92. The number of methoxy groups -OCH3 is 1. The molecule has 2 atom stereocenters. The maximum absolute atomic E-state index is 13.0. The molecule has 2 amide bonds. The van der Waals surface area contributed by atoms with Crippen LogP contribution in [-0.4, -0.2) is 42.1 Å². The number of nitrogens with two attached hydrogens (primary N) is 1. The van der Waals surface area contributed by atoms with Crippen molar-refractivity contribution >= 4 is 17.8 Å². The summed E-state index contributed by atoms with van der Waals surface area (Å²) in [5.74, 6) is -1.36. The number of urea groups is 1. The van der Waals surface area contributed by atoms with Gasteiger partial charge < -0.3 is 10.5 Å². The number of alkyl halides is 1. The number of carbonyl (C=O) groups excluding carboxylic acids is 2. The predicted octanol–water partition coefficient (Wildman–Crippen LogP) is -0.372. The molecule has 0 spiro atoms. The Balaban J connectivity index is 2.91. The van der Waals surface area contributed by atoms with Crippen LogP contribution in [0.3, 0.4) is 0 Å². The minimum atomic E-state index is -1.65. The van der Waals surface area contributed by atoms with Gasteiger partial charge in [0, 0.05) is 6.42 Å². The molecule has 0 bridgehead atoms. The Labute approximate surface area is 79.3 Å². The standard InChI is InChI=1S/C7H10FN3O3/c1-14-6(12)4-2-3(8)5(9)11(4)7(10)13/h3-4,9H,2H2,1H3,(H2,10,13). The summed E-state index contributed by atoms with van der Waals surface area (Å²) in [6, 6.07) is -2.13. The monoisotopic (exact) mass is 203 g/mol. The van der Waals surface area contributed by atoms with Crippen LogP contribution >= 0.6 is 0 Å². The summed E-state index contributed by atoms with van der Waals surface area (Å²) in [5, 5.41) is 7.18. The van der Waals surface area contributed by atoms with Gasteiger partial charge in [-0.2, -0.15) is 0 Å². The van der Waals surface area contributed by atoms with E-state index in [1.165, 1.54) is 0 Å². The normalized spacial score (nSPS) is 26.4. The number of esters is 1. The average molecular weight is 203 g/mol. The second-order valence-corrected chi connectivity index (χ2v) is 2.84. The summed E-state index contributed by atoms with van der Waals surface area (Å²) in [7, 11) is 1.12. The number of hydrogen-bond donors (Lipinski definition) is 2. The molecule has 3 N–H and O–H groups in total. The molecule has 1 heterocycles. The van der Waals surface area contributed by atoms with Crippen molar-refractivity contribution in [1.29, 1.82) is 5.41 Å². The van der Waals surface area contributed by atoms with Crippen LogP contribution in [0.15, 0.2) is 0 Å². The summed E-state index contributed by atoms with van der Waals surface area (Å²) in [5.41, 5.74) is 4.90. The van der Waals surface area contributed by atoms with Crippen LogP contribution < -0.4 is 5.73 Å². The second kappa shape index (κ2) is 3.60. The number of carbonyl (C=O) groups is 2. The number of ether oxygens (including phenoxy) is 1. The number of amidine groups is 1. The highest BCUT2D eigenvalue weighted by Crippen LogP contribution is 2.22. The van der Waals surface area contributed by atoms with Gasteiger partial charge in [-0.3, -0.25) is 10.3 Å². The summed E-state index contributed by atoms with van der Waals surface area (Å²) in [6.45, 7) is 0. The van der Waals surface area contributed by atoms with Crippen LogP contribution in [0.4, 0.5) is 9.18 Å². The Morgan fingerprint density at radius 2 is 2.29 bits per heavy atom. The molecule has 78 valence electrons. The van der Waals surface area contributed by atoms with E-state index in [1.807, 2.05) is 0 Å². The minimum absolute atomic E-state index is 0.269. The molecular weight excluding hydrogens is 193 g/mol. The van der Waals surface area contributed by atoms with Crippen molar-refractivity contribution in [2.75, 3.05) is 7.11 Å². The molecule has 7 heteroatoms. The maximum Gasteiger partial charge on any atom is 0.329 e. The van der Waals surface area contributed by atoms with Crippen LogP contribution in [0.2, 0.25) is 0 Å². The van der Waals surface area contributed by atoms with E-state index >= 15 is 0 Å². The molecule has 1 fully saturated rings. The zero-order chi connectivity index (χ0) is 10.9. The first kappa shape index (κ1) is 10.4. The number of rotatable bonds is 1. The molecule has 14 heavy (non-hydrogen) atoms. The Kier molecular flexibility index (Phi) is 2.68. The van der Waals surface area contributed by atoms with Crippen molar-refractivity contribution in [2.45, 2.75) is 18.6 Å². The van der Waals surface area contributed by atoms with Crippen molar-refractivity contribution in [3.05, 3.63) is 0 Å². The van der Waals surface area contributed by atoms with Gasteiger partial charge in [0.05, 0.1) is 7.11 Å². The Morgan fingerprint density at radius 3 is 2.71 bits per heavy atom. The number of hydrogen-bond acceptors (Lipinski definition) is 4. The Morgan fingerprint density at radius 1 is 1.71 bits per heavy atom. The van der Waals surface area contributed by atoms with Gasteiger partial charge in [0.15, 0.2) is 6.17 Å². The molecule has 0 aliphatic carbocycles. The average Bonchev–Trinajstić information content (AvgIpc) is 2.42. The molecule has 0 aromatic carbocycles. The van der Waals surface area contributed by atoms with Crippen molar-refractivity contribution < 1.29 is 18.7 Å². The Hall–Kier alpha value is -1.66. The molecule has 1 saturated heterocycles. The van der Waals surface area contributed by atoms with Crippen LogP contribution in [0, 0.1) is 5.41 Å². The van der Waals surface area contributed by atoms with E-state index in [4.69, 9.17) is 11.1 Å².